The minimum Gasteiger partial charge on any atom is -0.474 e. The van der Waals surface area contributed by atoms with Gasteiger partial charge in [-0.05, 0) is 58.9 Å². The van der Waals surface area contributed by atoms with Crippen LogP contribution in [0, 0.1) is 0 Å². The van der Waals surface area contributed by atoms with Gasteiger partial charge in [-0.25, -0.2) is 4.98 Å². The Morgan fingerprint density at radius 2 is 1.64 bits per heavy atom. The molecule has 0 unspecified atom stereocenters. The topological polar surface area (TPSA) is 40.6 Å². The van der Waals surface area contributed by atoms with E-state index in [2.05, 4.69) is 40.3 Å². The highest BCUT2D eigenvalue weighted by Gasteiger charge is 2.19. The second kappa shape index (κ2) is 7.29. The van der Waals surface area contributed by atoms with E-state index < -0.39 is 0 Å². The minimum absolute atomic E-state index is 0.316. The van der Waals surface area contributed by atoms with Crippen molar-refractivity contribution in [1.29, 1.82) is 0 Å². The highest BCUT2D eigenvalue weighted by atomic mass is 16.5. The quantitative estimate of drug-likeness (QED) is 0.922. The van der Waals surface area contributed by atoms with Crippen molar-refractivity contribution >= 4 is 5.69 Å². The lowest BCUT2D eigenvalue weighted by molar-refractivity contribution is 0.110. The molecule has 0 radical (unpaired) electrons. The van der Waals surface area contributed by atoms with Crippen LogP contribution in [0.15, 0.2) is 18.3 Å². The maximum Gasteiger partial charge on any atom is 0.213 e. The van der Waals surface area contributed by atoms with Gasteiger partial charge < -0.3 is 19.9 Å². The van der Waals surface area contributed by atoms with Gasteiger partial charge in [0.05, 0.1) is 11.9 Å². The molecule has 3 heterocycles. The van der Waals surface area contributed by atoms with E-state index in [0.29, 0.717) is 12.1 Å². The summed E-state index contributed by atoms with van der Waals surface area (Å²) in [5, 5.41) is 3.59. The van der Waals surface area contributed by atoms with Crippen molar-refractivity contribution < 1.29 is 4.74 Å². The van der Waals surface area contributed by atoms with Crippen LogP contribution in [0.25, 0.3) is 0 Å². The van der Waals surface area contributed by atoms with Crippen LogP contribution in [0.2, 0.25) is 0 Å². The summed E-state index contributed by atoms with van der Waals surface area (Å²) in [6.07, 6.45) is 6.80. The molecule has 2 aliphatic heterocycles. The number of ether oxygens (including phenoxy) is 1. The lowest BCUT2D eigenvalue weighted by atomic mass is 10.1. The monoisotopic (exact) mass is 304 g/mol. The first kappa shape index (κ1) is 15.6. The molecule has 0 aromatic carbocycles. The van der Waals surface area contributed by atoms with Crippen molar-refractivity contribution in [2.24, 2.45) is 0 Å². The van der Waals surface area contributed by atoms with E-state index in [1.165, 1.54) is 25.9 Å². The minimum atomic E-state index is 0.316. The van der Waals surface area contributed by atoms with Gasteiger partial charge in [0.15, 0.2) is 0 Å². The van der Waals surface area contributed by atoms with Crippen molar-refractivity contribution in [3.8, 4) is 5.88 Å². The summed E-state index contributed by atoms with van der Waals surface area (Å²) in [7, 11) is 4.35. The van der Waals surface area contributed by atoms with Crippen molar-refractivity contribution in [3.05, 3.63) is 18.3 Å². The molecule has 0 spiro atoms. The predicted molar refractivity (Wildman–Crippen MR) is 89.5 cm³/mol. The molecule has 0 atom stereocenters. The third kappa shape index (κ3) is 4.34. The average Bonchev–Trinajstić information content (AvgIpc) is 2.54. The van der Waals surface area contributed by atoms with Gasteiger partial charge in [0.25, 0.3) is 0 Å². The Labute approximate surface area is 133 Å². The van der Waals surface area contributed by atoms with Crippen LogP contribution in [0.4, 0.5) is 5.69 Å². The number of rotatable bonds is 4. The van der Waals surface area contributed by atoms with Crippen LogP contribution < -0.4 is 10.1 Å². The van der Waals surface area contributed by atoms with Gasteiger partial charge in [-0.15, -0.1) is 0 Å². The average molecular weight is 304 g/mol. The number of likely N-dealkylation sites (tertiary alicyclic amines) is 2. The van der Waals surface area contributed by atoms with Gasteiger partial charge in [-0.1, -0.05) is 0 Å². The van der Waals surface area contributed by atoms with E-state index in [1.807, 2.05) is 12.3 Å². The van der Waals surface area contributed by atoms with Crippen LogP contribution in [0.1, 0.15) is 25.7 Å². The number of piperidine rings is 2. The van der Waals surface area contributed by atoms with E-state index in [4.69, 9.17) is 4.74 Å². The summed E-state index contributed by atoms with van der Waals surface area (Å²) in [6, 6.07) is 4.66. The second-order valence-corrected chi connectivity index (χ2v) is 6.73. The highest BCUT2D eigenvalue weighted by molar-refractivity contribution is 5.43. The second-order valence-electron chi connectivity index (χ2n) is 6.73. The Bertz CT molecular complexity index is 405. The molecule has 2 aliphatic rings. The Morgan fingerprint density at radius 1 is 1.00 bits per heavy atom. The number of aromatic nitrogens is 1. The number of hydrogen-bond acceptors (Lipinski definition) is 5. The smallest absolute Gasteiger partial charge is 0.213 e. The first-order valence-electron chi connectivity index (χ1n) is 8.45. The van der Waals surface area contributed by atoms with E-state index >= 15 is 0 Å². The third-order valence-electron chi connectivity index (χ3n) is 4.78. The van der Waals surface area contributed by atoms with E-state index in [9.17, 15) is 0 Å². The largest absolute Gasteiger partial charge is 0.474 e. The maximum atomic E-state index is 5.99. The van der Waals surface area contributed by atoms with Gasteiger partial charge in [-0.2, -0.15) is 0 Å². The molecule has 2 saturated heterocycles. The van der Waals surface area contributed by atoms with E-state index in [0.717, 1.165) is 37.5 Å². The predicted octanol–water partition coefficient (Wildman–Crippen LogP) is 2.06. The number of hydrogen-bond donors (Lipinski definition) is 1. The summed E-state index contributed by atoms with van der Waals surface area (Å²) in [5.41, 5.74) is 1.10. The molecule has 2 fully saturated rings. The molecule has 0 aliphatic carbocycles. The Morgan fingerprint density at radius 3 is 2.23 bits per heavy atom. The van der Waals surface area contributed by atoms with Crippen LogP contribution >= 0.6 is 0 Å². The molecule has 0 saturated carbocycles. The lowest BCUT2D eigenvalue weighted by Gasteiger charge is -2.30. The zero-order chi connectivity index (χ0) is 15.4. The molecule has 3 rings (SSSR count). The molecule has 0 bridgehead atoms. The highest BCUT2D eigenvalue weighted by Crippen LogP contribution is 2.20. The lowest BCUT2D eigenvalue weighted by Crippen LogP contribution is -2.36. The summed E-state index contributed by atoms with van der Waals surface area (Å²) in [6.45, 7) is 4.56. The Kier molecular flexibility index (Phi) is 5.16. The SMILES string of the molecule is CN1CCC(Nc2ccc(OC3CCN(C)CC3)nc2)CC1. The van der Waals surface area contributed by atoms with E-state index in [1.54, 1.807) is 0 Å². The first-order chi connectivity index (χ1) is 10.7. The molecule has 0 amide bonds. The molecule has 1 N–H and O–H groups in total. The zero-order valence-electron chi connectivity index (χ0n) is 13.8. The van der Waals surface area contributed by atoms with Crippen LogP contribution in [0.3, 0.4) is 0 Å². The summed E-state index contributed by atoms with van der Waals surface area (Å²) in [4.78, 5) is 9.20. The Hall–Kier alpha value is -1.33. The number of nitrogens with one attached hydrogen (secondary N) is 1. The third-order valence-corrected chi connectivity index (χ3v) is 4.78. The van der Waals surface area contributed by atoms with Gasteiger partial charge in [0.2, 0.25) is 5.88 Å². The Balaban J connectivity index is 1.47. The molecular formula is C17H28N4O. The van der Waals surface area contributed by atoms with Gasteiger partial charge in [0.1, 0.15) is 6.10 Å². The van der Waals surface area contributed by atoms with Crippen molar-refractivity contribution in [2.45, 2.75) is 37.8 Å². The zero-order valence-corrected chi connectivity index (χ0v) is 13.8. The van der Waals surface area contributed by atoms with Crippen molar-refractivity contribution in [3.63, 3.8) is 0 Å². The van der Waals surface area contributed by atoms with Crippen LogP contribution in [0.5, 0.6) is 5.88 Å². The van der Waals surface area contributed by atoms with Crippen molar-refractivity contribution in [2.75, 3.05) is 45.6 Å². The van der Waals surface area contributed by atoms with Gasteiger partial charge in [-0.3, -0.25) is 0 Å². The normalized spacial score (nSPS) is 22.6. The standard InChI is InChI=1S/C17H28N4O/c1-20-9-5-14(6-10-20)19-15-3-4-17(18-13-15)22-16-7-11-21(2)12-8-16/h3-4,13-14,16,19H,5-12H2,1-2H3. The van der Waals surface area contributed by atoms with Crippen molar-refractivity contribution in [1.82, 2.24) is 14.8 Å². The fraction of sp³-hybridized carbons (Fsp3) is 0.706. The molecule has 1 aromatic heterocycles. The number of nitrogens with zero attached hydrogens (tertiary/aromatic N) is 3. The molecule has 122 valence electrons. The van der Waals surface area contributed by atoms with Gasteiger partial charge >= 0.3 is 0 Å². The summed E-state index contributed by atoms with van der Waals surface area (Å²) >= 11 is 0. The fourth-order valence-electron chi connectivity index (χ4n) is 3.20. The molecule has 22 heavy (non-hydrogen) atoms. The molecule has 5 nitrogen and oxygen atoms in total. The molecular weight excluding hydrogens is 276 g/mol. The number of pyridine rings is 1. The first-order valence-corrected chi connectivity index (χ1v) is 8.45. The summed E-state index contributed by atoms with van der Waals surface area (Å²) in [5.74, 6) is 0.753. The van der Waals surface area contributed by atoms with E-state index in [-0.39, 0.29) is 0 Å². The maximum absolute atomic E-state index is 5.99. The number of anilines is 1. The van der Waals surface area contributed by atoms with Crippen LogP contribution in [-0.4, -0.2) is 67.2 Å². The molecule has 1 aromatic rings. The molecule has 5 heteroatoms. The van der Waals surface area contributed by atoms with Crippen LogP contribution in [-0.2, 0) is 0 Å². The summed E-state index contributed by atoms with van der Waals surface area (Å²) < 4.78 is 5.99. The van der Waals surface area contributed by atoms with Gasteiger partial charge in [0, 0.05) is 25.2 Å². The fourth-order valence-corrected chi connectivity index (χ4v) is 3.20.